The molecule has 0 aliphatic heterocycles. The van der Waals surface area contributed by atoms with Gasteiger partial charge in [-0.15, -0.1) is 0 Å². The van der Waals surface area contributed by atoms with E-state index >= 15 is 0 Å². The van der Waals surface area contributed by atoms with Gasteiger partial charge in [0.1, 0.15) is 0 Å². The maximum atomic E-state index is 2.44. The summed E-state index contributed by atoms with van der Waals surface area (Å²) in [4.78, 5) is 9.36. The van der Waals surface area contributed by atoms with E-state index in [4.69, 9.17) is 0 Å². The second kappa shape index (κ2) is 21.1. The van der Waals surface area contributed by atoms with E-state index in [0.717, 1.165) is 84.9 Å². The van der Waals surface area contributed by atoms with Crippen LogP contribution in [0.4, 0.5) is 68.2 Å². The van der Waals surface area contributed by atoms with Gasteiger partial charge >= 0.3 is 0 Å². The summed E-state index contributed by atoms with van der Waals surface area (Å²) < 4.78 is 0. The van der Waals surface area contributed by atoms with E-state index in [2.05, 4.69) is 349 Å². The third-order valence-corrected chi connectivity index (χ3v) is 15.3. The second-order valence-corrected chi connectivity index (χ2v) is 20.6. The summed E-state index contributed by atoms with van der Waals surface area (Å²) in [6, 6.07) is 114. The largest absolute Gasteiger partial charge is 0.311 e. The summed E-state index contributed by atoms with van der Waals surface area (Å²) in [5.74, 6) is 0. The molecule has 0 saturated heterocycles. The van der Waals surface area contributed by atoms with Crippen molar-refractivity contribution in [3.63, 3.8) is 0 Å². The van der Waals surface area contributed by atoms with E-state index in [-0.39, 0.29) is 5.41 Å². The Balaban J connectivity index is 0.912. The number of fused-ring (bicyclic) bond motifs is 3. The molecule has 13 rings (SSSR count). The van der Waals surface area contributed by atoms with Crippen LogP contribution in [0, 0.1) is 0 Å². The molecular weight excluding hydrogens is 957 g/mol. The molecule has 1 aliphatic carbocycles. The van der Waals surface area contributed by atoms with Crippen molar-refractivity contribution in [1.29, 1.82) is 0 Å². The zero-order valence-electron chi connectivity index (χ0n) is 44.3. The van der Waals surface area contributed by atoms with E-state index in [1.165, 1.54) is 27.8 Å². The van der Waals surface area contributed by atoms with Gasteiger partial charge in [0.25, 0.3) is 0 Å². The van der Waals surface area contributed by atoms with Crippen LogP contribution >= 0.6 is 0 Å². The van der Waals surface area contributed by atoms with E-state index in [1.807, 2.05) is 0 Å². The van der Waals surface area contributed by atoms with Crippen molar-refractivity contribution >= 4 is 68.2 Å². The number of rotatable bonds is 14. The monoisotopic (exact) mass is 1010 g/mol. The number of benzene rings is 12. The first-order valence-electron chi connectivity index (χ1n) is 27.2. The average molecular weight is 1020 g/mol. The van der Waals surface area contributed by atoms with Crippen molar-refractivity contribution < 1.29 is 0 Å². The smallest absolute Gasteiger partial charge is 0.0467 e. The Morgan fingerprint density at radius 1 is 0.203 bits per heavy atom. The van der Waals surface area contributed by atoms with Crippen LogP contribution in [-0.4, -0.2) is 0 Å². The molecule has 378 valence electrons. The highest BCUT2D eigenvalue weighted by Crippen LogP contribution is 2.54. The first-order chi connectivity index (χ1) is 39.0. The summed E-state index contributed by atoms with van der Waals surface area (Å²) in [7, 11) is 0. The van der Waals surface area contributed by atoms with Gasteiger partial charge < -0.3 is 19.6 Å². The van der Waals surface area contributed by atoms with Crippen LogP contribution in [0.2, 0.25) is 0 Å². The fraction of sp³-hybridized carbons (Fsp3) is 0.0400. The zero-order chi connectivity index (χ0) is 53.1. The molecular formula is C75H58N4. The topological polar surface area (TPSA) is 13.0 Å². The van der Waals surface area contributed by atoms with Gasteiger partial charge in [0, 0.05) is 73.7 Å². The molecule has 0 saturated carbocycles. The van der Waals surface area contributed by atoms with Gasteiger partial charge in [-0.05, 0) is 202 Å². The van der Waals surface area contributed by atoms with Crippen molar-refractivity contribution in [3.8, 4) is 33.4 Å². The highest BCUT2D eigenvalue weighted by Gasteiger charge is 2.38. The Bertz CT molecular complexity index is 3940. The summed E-state index contributed by atoms with van der Waals surface area (Å²) in [6.45, 7) is 4.78. The third kappa shape index (κ3) is 9.40. The molecule has 0 bridgehead atoms. The van der Waals surface area contributed by atoms with Gasteiger partial charge in [0.15, 0.2) is 0 Å². The van der Waals surface area contributed by atoms with E-state index in [9.17, 15) is 0 Å². The molecule has 0 radical (unpaired) electrons. The molecule has 12 aromatic rings. The van der Waals surface area contributed by atoms with Gasteiger partial charge in [-0.25, -0.2) is 0 Å². The molecule has 12 aromatic carbocycles. The summed E-state index contributed by atoms with van der Waals surface area (Å²) in [6.07, 6.45) is 0. The molecule has 0 unspecified atom stereocenters. The molecule has 0 atom stereocenters. The Morgan fingerprint density at radius 3 is 0.861 bits per heavy atom. The molecule has 4 heteroatoms. The fourth-order valence-corrected chi connectivity index (χ4v) is 11.7. The highest BCUT2D eigenvalue weighted by atomic mass is 15.2. The van der Waals surface area contributed by atoms with Gasteiger partial charge in [-0.2, -0.15) is 0 Å². The normalized spacial score (nSPS) is 12.0. The van der Waals surface area contributed by atoms with Crippen molar-refractivity contribution in [2.75, 3.05) is 19.6 Å². The van der Waals surface area contributed by atoms with Crippen LogP contribution in [-0.2, 0) is 5.41 Å². The maximum Gasteiger partial charge on any atom is 0.0467 e. The lowest BCUT2D eigenvalue weighted by atomic mass is 9.78. The predicted molar refractivity (Wildman–Crippen MR) is 334 cm³/mol. The molecule has 0 aromatic heterocycles. The number of para-hydroxylation sites is 6. The molecule has 1 aliphatic rings. The SMILES string of the molecule is CC1(C)c2ccccc2-c2cc(-c3cccc(N(c4ccccc4)c4ccc(N(c5ccccc5)c5ccccc5)cc4)c3)cc(-c3cccc(N(c4ccccc4)c4ccc(N(c5ccccc5)c5ccccc5)cc4)c3)c21. The second-order valence-electron chi connectivity index (χ2n) is 20.6. The molecule has 4 nitrogen and oxygen atoms in total. The van der Waals surface area contributed by atoms with Crippen LogP contribution < -0.4 is 19.6 Å². The molecule has 0 fully saturated rings. The van der Waals surface area contributed by atoms with Crippen LogP contribution in [0.15, 0.2) is 315 Å². The van der Waals surface area contributed by atoms with Crippen LogP contribution in [0.1, 0.15) is 25.0 Å². The zero-order valence-corrected chi connectivity index (χ0v) is 44.3. The van der Waals surface area contributed by atoms with E-state index in [0.29, 0.717) is 0 Å². The van der Waals surface area contributed by atoms with Gasteiger partial charge in [-0.3, -0.25) is 0 Å². The van der Waals surface area contributed by atoms with E-state index < -0.39 is 0 Å². The first kappa shape index (κ1) is 48.5. The lowest BCUT2D eigenvalue weighted by molar-refractivity contribution is 0.662. The Kier molecular flexibility index (Phi) is 13.0. The average Bonchev–Trinajstić information content (AvgIpc) is 4.00. The van der Waals surface area contributed by atoms with Gasteiger partial charge in [-0.1, -0.05) is 172 Å². The predicted octanol–water partition coefficient (Wildman–Crippen LogP) is 21.2. The summed E-state index contributed by atoms with van der Waals surface area (Å²) in [5, 5.41) is 0. The minimum absolute atomic E-state index is 0.247. The summed E-state index contributed by atoms with van der Waals surface area (Å²) in [5.41, 5.74) is 22.7. The highest BCUT2D eigenvalue weighted by molar-refractivity contribution is 5.94. The summed E-state index contributed by atoms with van der Waals surface area (Å²) >= 11 is 0. The molecule has 0 N–H and O–H groups in total. The number of nitrogens with zero attached hydrogens (tertiary/aromatic N) is 4. The molecule has 0 amide bonds. The first-order valence-corrected chi connectivity index (χ1v) is 27.2. The quantitative estimate of drug-likeness (QED) is 0.108. The maximum absolute atomic E-state index is 2.44. The number of anilines is 12. The Labute approximate surface area is 464 Å². The van der Waals surface area contributed by atoms with E-state index in [1.54, 1.807) is 0 Å². The van der Waals surface area contributed by atoms with Crippen molar-refractivity contribution in [3.05, 3.63) is 327 Å². The van der Waals surface area contributed by atoms with Crippen molar-refractivity contribution in [2.45, 2.75) is 19.3 Å². The number of hydrogen-bond donors (Lipinski definition) is 0. The minimum Gasteiger partial charge on any atom is -0.311 e. The molecule has 79 heavy (non-hydrogen) atoms. The lowest BCUT2D eigenvalue weighted by Gasteiger charge is -2.29. The van der Waals surface area contributed by atoms with Crippen LogP contribution in [0.5, 0.6) is 0 Å². The molecule has 0 heterocycles. The fourth-order valence-electron chi connectivity index (χ4n) is 11.7. The van der Waals surface area contributed by atoms with Crippen LogP contribution in [0.3, 0.4) is 0 Å². The van der Waals surface area contributed by atoms with Gasteiger partial charge in [0.05, 0.1) is 0 Å². The van der Waals surface area contributed by atoms with Crippen molar-refractivity contribution in [1.82, 2.24) is 0 Å². The standard InChI is InChI=1S/C75H58N4/c1-75(2)73-42-22-21-41-70(73)72-54-57(55-25-23-39-68(51-55)78(62-35-17-7-18-36-62)66-47-43-64(44-48-66)76(58-27-9-3-10-28-58)59-29-11-4-12-30-59)53-71(74(72)75)56-26-24-40-69(52-56)79(63-37-19-8-20-38-63)67-49-45-65(46-50-67)77(60-31-13-5-14-32-60)61-33-15-6-16-34-61/h3-54H,1-2H3. The van der Waals surface area contributed by atoms with Crippen LogP contribution in [0.25, 0.3) is 33.4 Å². The number of hydrogen-bond acceptors (Lipinski definition) is 4. The third-order valence-electron chi connectivity index (χ3n) is 15.3. The minimum atomic E-state index is -0.247. The Morgan fingerprint density at radius 2 is 0.481 bits per heavy atom. The van der Waals surface area contributed by atoms with Crippen molar-refractivity contribution in [2.24, 2.45) is 0 Å². The van der Waals surface area contributed by atoms with Gasteiger partial charge in [0.2, 0.25) is 0 Å². The molecule has 0 spiro atoms. The Hall–Kier alpha value is -10.2. The lowest BCUT2D eigenvalue weighted by Crippen LogP contribution is -2.16.